The molecule has 2 rings (SSSR count). The molecule has 2 heterocycles. The Morgan fingerprint density at radius 1 is 1.68 bits per heavy atom. The zero-order valence-electron chi connectivity index (χ0n) is 11.5. The minimum Gasteiger partial charge on any atom is -0.383 e. The van der Waals surface area contributed by atoms with Crippen molar-refractivity contribution in [2.45, 2.75) is 32.0 Å². The summed E-state index contributed by atoms with van der Waals surface area (Å²) in [6.45, 7) is 4.25. The topological polar surface area (TPSA) is 39.1 Å². The molecule has 0 saturated carbocycles. The van der Waals surface area contributed by atoms with Gasteiger partial charge in [0.05, 0.1) is 30.1 Å². The van der Waals surface area contributed by atoms with Gasteiger partial charge in [-0.15, -0.1) is 0 Å². The number of halogens is 2. The lowest BCUT2D eigenvalue weighted by Gasteiger charge is -2.34. The number of hydrogen-bond donors (Lipinski definition) is 1. The molecule has 108 valence electrons. The van der Waals surface area contributed by atoms with E-state index >= 15 is 4.39 Å². The van der Waals surface area contributed by atoms with E-state index in [1.165, 1.54) is 6.20 Å². The molecule has 1 aromatic rings. The number of aromatic nitrogens is 2. The highest BCUT2D eigenvalue weighted by molar-refractivity contribution is 6.31. The van der Waals surface area contributed by atoms with Crippen molar-refractivity contribution in [2.75, 3.05) is 26.8 Å². The van der Waals surface area contributed by atoms with E-state index in [9.17, 15) is 0 Å². The molecule has 6 heteroatoms. The predicted molar refractivity (Wildman–Crippen MR) is 73.2 cm³/mol. The fourth-order valence-electron chi connectivity index (χ4n) is 2.70. The van der Waals surface area contributed by atoms with Crippen molar-refractivity contribution >= 4 is 11.6 Å². The average molecular weight is 290 g/mol. The maximum atomic E-state index is 15.3. The van der Waals surface area contributed by atoms with Gasteiger partial charge in [-0.2, -0.15) is 5.10 Å². The van der Waals surface area contributed by atoms with Crippen LogP contribution in [0.25, 0.3) is 0 Å². The molecule has 0 bridgehead atoms. The lowest BCUT2D eigenvalue weighted by molar-refractivity contribution is 0.0689. The van der Waals surface area contributed by atoms with E-state index in [-0.39, 0.29) is 5.92 Å². The lowest BCUT2D eigenvalue weighted by Crippen LogP contribution is -2.41. The van der Waals surface area contributed by atoms with Crippen LogP contribution in [0.4, 0.5) is 4.39 Å². The standard InChI is InChI=1S/C13H21ClFN3O/c1-13(15,10-4-3-5-16-8-10)12-11(14)9-17-18(12)6-7-19-2/h9-10,16H,3-8H2,1-2H3. The van der Waals surface area contributed by atoms with Crippen LogP contribution < -0.4 is 5.32 Å². The number of hydrogen-bond acceptors (Lipinski definition) is 3. The van der Waals surface area contributed by atoms with Gasteiger partial charge in [0.15, 0.2) is 5.67 Å². The third-order valence-corrected chi connectivity index (χ3v) is 4.11. The van der Waals surface area contributed by atoms with Gasteiger partial charge in [-0.25, -0.2) is 4.39 Å². The van der Waals surface area contributed by atoms with Gasteiger partial charge < -0.3 is 10.1 Å². The first-order chi connectivity index (χ1) is 9.07. The highest BCUT2D eigenvalue weighted by atomic mass is 35.5. The van der Waals surface area contributed by atoms with Crippen molar-refractivity contribution in [1.82, 2.24) is 15.1 Å². The van der Waals surface area contributed by atoms with Crippen LogP contribution in [0.5, 0.6) is 0 Å². The van der Waals surface area contributed by atoms with E-state index in [0.717, 1.165) is 19.4 Å². The summed E-state index contributed by atoms with van der Waals surface area (Å²) >= 11 is 6.14. The molecule has 0 aromatic carbocycles. The zero-order valence-corrected chi connectivity index (χ0v) is 12.2. The Morgan fingerprint density at radius 2 is 2.47 bits per heavy atom. The summed E-state index contributed by atoms with van der Waals surface area (Å²) in [6.07, 6.45) is 3.38. The van der Waals surface area contributed by atoms with Gasteiger partial charge in [-0.05, 0) is 26.3 Å². The van der Waals surface area contributed by atoms with Crippen LogP contribution in [-0.2, 0) is 17.0 Å². The average Bonchev–Trinajstić information content (AvgIpc) is 2.79. The summed E-state index contributed by atoms with van der Waals surface area (Å²) in [5, 5.41) is 7.80. The van der Waals surface area contributed by atoms with Crippen molar-refractivity contribution in [3.63, 3.8) is 0 Å². The van der Waals surface area contributed by atoms with Crippen LogP contribution in [0.1, 0.15) is 25.5 Å². The predicted octanol–water partition coefficient (Wildman–Crippen LogP) is 2.37. The smallest absolute Gasteiger partial charge is 0.155 e. The van der Waals surface area contributed by atoms with Crippen LogP contribution in [0, 0.1) is 5.92 Å². The molecule has 4 nitrogen and oxygen atoms in total. The summed E-state index contributed by atoms with van der Waals surface area (Å²) in [6, 6.07) is 0. The summed E-state index contributed by atoms with van der Waals surface area (Å²) in [5.41, 5.74) is -1.01. The van der Waals surface area contributed by atoms with E-state index in [0.29, 0.717) is 30.4 Å². The Morgan fingerprint density at radius 3 is 3.11 bits per heavy atom. The molecule has 0 spiro atoms. The molecule has 2 unspecified atom stereocenters. The SMILES string of the molecule is COCCn1ncc(Cl)c1C(C)(F)C1CCCNC1. The molecule has 1 aromatic heterocycles. The Kier molecular flexibility index (Phi) is 4.81. The highest BCUT2D eigenvalue weighted by Crippen LogP contribution is 2.40. The maximum absolute atomic E-state index is 15.3. The van der Waals surface area contributed by atoms with Gasteiger partial charge in [0.1, 0.15) is 0 Å². The molecule has 0 amide bonds. The normalized spacial score (nSPS) is 23.3. The second kappa shape index (κ2) is 6.20. The van der Waals surface area contributed by atoms with Crippen LogP contribution in [0.15, 0.2) is 6.20 Å². The Bertz CT molecular complexity index is 416. The maximum Gasteiger partial charge on any atom is 0.155 e. The van der Waals surface area contributed by atoms with Gasteiger partial charge in [0, 0.05) is 19.6 Å². The summed E-state index contributed by atoms with van der Waals surface area (Å²) in [7, 11) is 1.62. The Balaban J connectivity index is 2.24. The van der Waals surface area contributed by atoms with Gasteiger partial charge >= 0.3 is 0 Å². The first-order valence-corrected chi connectivity index (χ1v) is 7.05. The van der Waals surface area contributed by atoms with Crippen molar-refractivity contribution in [2.24, 2.45) is 5.92 Å². The largest absolute Gasteiger partial charge is 0.383 e. The van der Waals surface area contributed by atoms with E-state index in [2.05, 4.69) is 10.4 Å². The number of alkyl halides is 1. The molecular weight excluding hydrogens is 269 g/mol. The van der Waals surface area contributed by atoms with Gasteiger partial charge in [0.25, 0.3) is 0 Å². The van der Waals surface area contributed by atoms with Gasteiger partial charge in [-0.3, -0.25) is 4.68 Å². The molecule has 1 saturated heterocycles. The number of rotatable bonds is 5. The third-order valence-electron chi connectivity index (χ3n) is 3.83. The first-order valence-electron chi connectivity index (χ1n) is 6.67. The van der Waals surface area contributed by atoms with Crippen molar-refractivity contribution in [3.05, 3.63) is 16.9 Å². The van der Waals surface area contributed by atoms with E-state index in [4.69, 9.17) is 16.3 Å². The second-order valence-electron chi connectivity index (χ2n) is 5.18. The first kappa shape index (κ1) is 14.8. The fourth-order valence-corrected chi connectivity index (χ4v) is 3.03. The molecule has 2 atom stereocenters. The van der Waals surface area contributed by atoms with E-state index < -0.39 is 5.67 Å². The number of nitrogens with zero attached hydrogens (tertiary/aromatic N) is 2. The minimum absolute atomic E-state index is 0.0725. The molecule has 1 N–H and O–H groups in total. The second-order valence-corrected chi connectivity index (χ2v) is 5.58. The summed E-state index contributed by atoms with van der Waals surface area (Å²) < 4.78 is 21.9. The monoisotopic (exact) mass is 289 g/mol. The number of methoxy groups -OCH3 is 1. The highest BCUT2D eigenvalue weighted by Gasteiger charge is 2.41. The van der Waals surface area contributed by atoms with Crippen LogP contribution in [-0.4, -0.2) is 36.6 Å². The number of nitrogens with one attached hydrogen (secondary N) is 1. The molecule has 1 aliphatic heterocycles. The Labute approximate surface area is 118 Å². The minimum atomic E-state index is -1.48. The molecular formula is C13H21ClFN3O. The molecule has 1 aliphatic rings. The third kappa shape index (κ3) is 3.09. The van der Waals surface area contributed by atoms with Crippen molar-refractivity contribution < 1.29 is 9.13 Å². The van der Waals surface area contributed by atoms with Crippen molar-refractivity contribution in [3.8, 4) is 0 Å². The number of piperidine rings is 1. The fraction of sp³-hybridized carbons (Fsp3) is 0.769. The van der Waals surface area contributed by atoms with E-state index in [1.54, 1.807) is 18.7 Å². The van der Waals surface area contributed by atoms with E-state index in [1.807, 2.05) is 0 Å². The molecule has 0 radical (unpaired) electrons. The van der Waals surface area contributed by atoms with Gasteiger partial charge in [-0.1, -0.05) is 11.6 Å². The summed E-state index contributed by atoms with van der Waals surface area (Å²) in [5.74, 6) is -0.0725. The Hall–Kier alpha value is -0.650. The number of ether oxygens (including phenoxy) is 1. The van der Waals surface area contributed by atoms with Crippen LogP contribution in [0.3, 0.4) is 0 Å². The van der Waals surface area contributed by atoms with Crippen molar-refractivity contribution in [1.29, 1.82) is 0 Å². The van der Waals surface area contributed by atoms with Gasteiger partial charge in [0.2, 0.25) is 0 Å². The van der Waals surface area contributed by atoms with Crippen LogP contribution in [0.2, 0.25) is 5.02 Å². The van der Waals surface area contributed by atoms with Crippen LogP contribution >= 0.6 is 11.6 Å². The lowest BCUT2D eigenvalue weighted by atomic mass is 9.82. The molecule has 1 fully saturated rings. The molecule has 19 heavy (non-hydrogen) atoms. The quantitative estimate of drug-likeness (QED) is 0.904. The zero-order chi connectivity index (χ0) is 13.9. The summed E-state index contributed by atoms with van der Waals surface area (Å²) in [4.78, 5) is 0. The molecule has 0 aliphatic carbocycles.